The molecule has 10 rings (SSSR count). The molecule has 0 aliphatic carbocycles. The lowest BCUT2D eigenvalue weighted by molar-refractivity contribution is 0.0706. The van der Waals surface area contributed by atoms with E-state index in [9.17, 15) is 4.79 Å². The van der Waals surface area contributed by atoms with Gasteiger partial charge in [0.15, 0.2) is 0 Å². The van der Waals surface area contributed by atoms with Crippen LogP contribution in [0.1, 0.15) is 102 Å². The molecule has 0 saturated carbocycles. The van der Waals surface area contributed by atoms with Gasteiger partial charge in [0.2, 0.25) is 0 Å². The fourth-order valence-corrected chi connectivity index (χ4v) is 10.8. The second-order valence-electron chi connectivity index (χ2n) is 18.6. The SMILES string of the molecule is COc1cc(C2CCN(Cc3cc4n(n3)CCN(C(=O)c3ccc(C5CCN([C@@H](C)c6cc7c(-c8ccc(N)nc8)ccnc7n6C)CC5)cc3)C4)CC2)ccc1NC1CCCNC1. The Morgan fingerprint density at radius 3 is 2.42 bits per heavy atom. The van der Waals surface area contributed by atoms with E-state index in [1.165, 1.54) is 29.7 Å². The van der Waals surface area contributed by atoms with E-state index in [1.807, 2.05) is 41.6 Å². The number of rotatable bonds is 11. The number of carbonyl (C=O) groups excluding carboxylic acids is 1. The number of aromatic nitrogens is 5. The minimum absolute atomic E-state index is 0.0953. The largest absolute Gasteiger partial charge is 0.495 e. The van der Waals surface area contributed by atoms with Gasteiger partial charge in [-0.15, -0.1) is 0 Å². The van der Waals surface area contributed by atoms with Crippen LogP contribution in [0.3, 0.4) is 0 Å². The lowest BCUT2D eigenvalue weighted by Gasteiger charge is -2.36. The summed E-state index contributed by atoms with van der Waals surface area (Å²) in [5.74, 6) is 2.55. The van der Waals surface area contributed by atoms with E-state index in [1.54, 1.807) is 7.11 Å². The average Bonchev–Trinajstić information content (AvgIpc) is 3.91. The van der Waals surface area contributed by atoms with E-state index >= 15 is 0 Å². The number of likely N-dealkylation sites (tertiary alicyclic amines) is 2. The lowest BCUT2D eigenvalue weighted by atomic mass is 9.88. The number of benzene rings is 2. The Labute approximate surface area is 377 Å². The molecule has 4 aromatic heterocycles. The van der Waals surface area contributed by atoms with E-state index in [0.29, 0.717) is 36.8 Å². The number of ether oxygens (including phenoxy) is 1. The van der Waals surface area contributed by atoms with Crippen LogP contribution in [0.5, 0.6) is 5.75 Å². The molecular weight excluding hydrogens is 799 g/mol. The van der Waals surface area contributed by atoms with Crippen molar-refractivity contribution in [2.45, 2.75) is 89.0 Å². The third-order valence-electron chi connectivity index (χ3n) is 14.7. The summed E-state index contributed by atoms with van der Waals surface area (Å²) in [6, 6.07) is 26.4. The number of nitrogen functional groups attached to an aromatic ring is 1. The smallest absolute Gasteiger partial charge is 0.254 e. The third-order valence-corrected chi connectivity index (χ3v) is 14.7. The van der Waals surface area contributed by atoms with Gasteiger partial charge in [-0.05, 0) is 161 Å². The summed E-state index contributed by atoms with van der Waals surface area (Å²) in [6.45, 7) is 11.3. The van der Waals surface area contributed by atoms with Gasteiger partial charge in [-0.2, -0.15) is 5.10 Å². The van der Waals surface area contributed by atoms with Crippen LogP contribution in [0.25, 0.3) is 22.2 Å². The Hall–Kier alpha value is -5.76. The summed E-state index contributed by atoms with van der Waals surface area (Å²) in [5.41, 5.74) is 17.0. The van der Waals surface area contributed by atoms with Crippen molar-refractivity contribution in [3.05, 3.63) is 119 Å². The van der Waals surface area contributed by atoms with E-state index < -0.39 is 0 Å². The number of piperidine rings is 3. The molecular formula is C51H63N11O2. The number of nitrogens with one attached hydrogen (secondary N) is 2. The monoisotopic (exact) mass is 862 g/mol. The number of hydrogen-bond acceptors (Lipinski definition) is 10. The quantitative estimate of drug-likeness (QED) is 0.120. The van der Waals surface area contributed by atoms with Gasteiger partial charge in [-0.3, -0.25) is 19.3 Å². The molecule has 2 aromatic carbocycles. The van der Waals surface area contributed by atoms with Gasteiger partial charge >= 0.3 is 0 Å². The molecule has 334 valence electrons. The number of nitrogens with two attached hydrogens (primary N) is 1. The molecule has 3 fully saturated rings. The second kappa shape index (κ2) is 18.4. The molecule has 64 heavy (non-hydrogen) atoms. The highest BCUT2D eigenvalue weighted by atomic mass is 16.5. The Bertz CT molecular complexity index is 2560. The Kier molecular flexibility index (Phi) is 12.1. The third kappa shape index (κ3) is 8.73. The van der Waals surface area contributed by atoms with Gasteiger partial charge in [0.1, 0.15) is 17.2 Å². The molecule has 13 nitrogen and oxygen atoms in total. The zero-order valence-electron chi connectivity index (χ0n) is 37.7. The fourth-order valence-electron chi connectivity index (χ4n) is 10.8. The van der Waals surface area contributed by atoms with Crippen LogP contribution in [0, 0.1) is 0 Å². The molecule has 0 bridgehead atoms. The first kappa shape index (κ1) is 42.2. The molecule has 3 saturated heterocycles. The molecule has 4 aliphatic heterocycles. The van der Waals surface area contributed by atoms with Crippen LogP contribution in [-0.4, -0.2) is 104 Å². The highest BCUT2D eigenvalue weighted by Gasteiger charge is 2.29. The first-order chi connectivity index (χ1) is 31.3. The number of carbonyl (C=O) groups is 1. The van der Waals surface area contributed by atoms with Crippen molar-refractivity contribution in [3.63, 3.8) is 0 Å². The Morgan fingerprint density at radius 1 is 0.891 bits per heavy atom. The van der Waals surface area contributed by atoms with Crippen molar-refractivity contribution >= 4 is 28.4 Å². The molecule has 0 spiro atoms. The zero-order chi connectivity index (χ0) is 43.7. The molecule has 1 amide bonds. The lowest BCUT2D eigenvalue weighted by Crippen LogP contribution is -2.38. The van der Waals surface area contributed by atoms with Crippen molar-refractivity contribution in [2.24, 2.45) is 7.05 Å². The maximum Gasteiger partial charge on any atom is 0.254 e. The highest BCUT2D eigenvalue weighted by molar-refractivity contribution is 5.95. The van der Waals surface area contributed by atoms with E-state index in [2.05, 4.69) is 97.2 Å². The number of nitrogens with zero attached hydrogens (tertiary/aromatic N) is 8. The molecule has 0 radical (unpaired) electrons. The van der Waals surface area contributed by atoms with Gasteiger partial charge < -0.3 is 30.6 Å². The summed E-state index contributed by atoms with van der Waals surface area (Å²) >= 11 is 0. The predicted octanol–water partition coefficient (Wildman–Crippen LogP) is 7.56. The molecule has 4 aliphatic rings. The van der Waals surface area contributed by atoms with Gasteiger partial charge in [0.05, 0.1) is 37.3 Å². The van der Waals surface area contributed by atoms with Gasteiger partial charge in [0.25, 0.3) is 5.91 Å². The minimum Gasteiger partial charge on any atom is -0.495 e. The molecule has 8 heterocycles. The maximum atomic E-state index is 13.8. The fraction of sp³-hybridized carbons (Fsp3) is 0.451. The van der Waals surface area contributed by atoms with Crippen LogP contribution in [-0.2, 0) is 26.7 Å². The number of amides is 1. The zero-order valence-corrected chi connectivity index (χ0v) is 37.7. The van der Waals surface area contributed by atoms with Gasteiger partial charge in [-0.1, -0.05) is 18.2 Å². The number of pyridine rings is 2. The molecule has 13 heteroatoms. The summed E-state index contributed by atoms with van der Waals surface area (Å²) in [7, 11) is 3.90. The molecule has 1 unspecified atom stereocenters. The van der Waals surface area contributed by atoms with Crippen LogP contribution in [0.15, 0.2) is 85.2 Å². The predicted molar refractivity (Wildman–Crippen MR) is 253 cm³/mol. The first-order valence-corrected chi connectivity index (χ1v) is 23.5. The number of methoxy groups -OCH3 is 1. The average molecular weight is 862 g/mol. The van der Waals surface area contributed by atoms with Crippen molar-refractivity contribution in [1.29, 1.82) is 0 Å². The topological polar surface area (TPSA) is 135 Å². The van der Waals surface area contributed by atoms with Gasteiger partial charge in [-0.25, -0.2) is 9.97 Å². The number of anilines is 2. The van der Waals surface area contributed by atoms with Gasteiger partial charge in [0, 0.05) is 73.4 Å². The van der Waals surface area contributed by atoms with E-state index in [-0.39, 0.29) is 11.9 Å². The number of aryl methyl sites for hydroxylation is 1. The standard InChI is InChI=1S/C51H63N11O2/c1-34(47-29-45-44(14-20-54-50(45)58(47)2)40-11-13-49(52)55-30-40)60-23-17-36(18-24-60)35-6-8-38(9-7-35)51(63)61-25-26-62-43(33-61)28-42(57-62)32-59-21-15-37(16-22-59)39-10-12-46(48(27-39)64-3)56-41-5-4-19-53-31-41/h6-14,20,27-30,34,36-37,41,53,56H,4-5,15-19,21-26,31-33H2,1-3H3,(H2,52,55)/t34-,41?/m0/s1. The molecule has 4 N–H and O–H groups in total. The van der Waals surface area contributed by atoms with Crippen molar-refractivity contribution in [2.75, 3.05) is 64.0 Å². The van der Waals surface area contributed by atoms with Crippen LogP contribution in [0.4, 0.5) is 11.5 Å². The molecule has 6 aromatic rings. The van der Waals surface area contributed by atoms with Crippen molar-refractivity contribution in [3.8, 4) is 16.9 Å². The van der Waals surface area contributed by atoms with E-state index in [0.717, 1.165) is 129 Å². The van der Waals surface area contributed by atoms with Crippen molar-refractivity contribution < 1.29 is 9.53 Å². The Balaban J connectivity index is 0.703. The summed E-state index contributed by atoms with van der Waals surface area (Å²) < 4.78 is 10.2. The number of fused-ring (bicyclic) bond motifs is 2. The van der Waals surface area contributed by atoms with Crippen LogP contribution < -0.4 is 21.1 Å². The normalized spacial score (nSPS) is 19.7. The first-order valence-electron chi connectivity index (χ1n) is 23.5. The summed E-state index contributed by atoms with van der Waals surface area (Å²) in [4.78, 5) is 30.0. The summed E-state index contributed by atoms with van der Waals surface area (Å²) in [6.07, 6.45) is 10.5. The summed E-state index contributed by atoms with van der Waals surface area (Å²) in [5, 5.41) is 13.3. The van der Waals surface area contributed by atoms with Crippen molar-refractivity contribution in [1.82, 2.24) is 44.3 Å². The highest BCUT2D eigenvalue weighted by Crippen LogP contribution is 2.37. The minimum atomic E-state index is 0.0953. The Morgan fingerprint density at radius 2 is 1.67 bits per heavy atom. The second-order valence-corrected chi connectivity index (χ2v) is 18.6. The van der Waals surface area contributed by atoms with Crippen LogP contribution in [0.2, 0.25) is 0 Å². The van der Waals surface area contributed by atoms with Crippen LogP contribution >= 0.6 is 0 Å². The van der Waals surface area contributed by atoms with E-state index in [4.69, 9.17) is 20.6 Å². The maximum absolute atomic E-state index is 13.8. The molecule has 2 atom stereocenters. The number of hydrogen-bond donors (Lipinski definition) is 3.